The number of esters is 1. The van der Waals surface area contributed by atoms with E-state index >= 15 is 0 Å². The molecule has 0 fully saturated rings. The van der Waals surface area contributed by atoms with Gasteiger partial charge in [0.05, 0.1) is 36.9 Å². The fourth-order valence-corrected chi connectivity index (χ4v) is 4.15. The van der Waals surface area contributed by atoms with E-state index < -0.39 is 34.9 Å². The van der Waals surface area contributed by atoms with E-state index in [4.69, 9.17) is 14.2 Å². The Hall–Kier alpha value is -3.62. The molecule has 12 nitrogen and oxygen atoms in total. The van der Waals surface area contributed by atoms with Crippen molar-refractivity contribution >= 4 is 50.5 Å². The number of nitrogens with one attached hydrogen (secondary N) is 2. The Morgan fingerprint density at radius 1 is 1.02 bits per heavy atom. The van der Waals surface area contributed by atoms with Crippen LogP contribution in [0.3, 0.4) is 0 Å². The molecule has 2 amide bonds. The Labute approximate surface area is 256 Å². The molecular formula is C29H40N2O10S2. The third-order valence-corrected chi connectivity index (χ3v) is 7.07. The van der Waals surface area contributed by atoms with Crippen LogP contribution < -0.4 is 15.4 Å². The normalized spacial score (nSPS) is 11.4. The summed E-state index contributed by atoms with van der Waals surface area (Å²) in [5.74, 6) is 0.133. The van der Waals surface area contributed by atoms with E-state index in [1.807, 2.05) is 13.8 Å². The molecule has 14 heteroatoms. The second kappa shape index (κ2) is 19.5. The van der Waals surface area contributed by atoms with E-state index in [0.717, 1.165) is 17.7 Å². The second-order valence-electron chi connectivity index (χ2n) is 9.55. The number of Topliss-reactive ketones (excluding diaryl/α,β-unsaturated/α-hetero) is 1. The molecule has 2 rings (SSSR count). The predicted molar refractivity (Wildman–Crippen MR) is 163 cm³/mol. The number of ether oxygens (including phenoxy) is 3. The van der Waals surface area contributed by atoms with Crippen LogP contribution >= 0.6 is 0 Å². The summed E-state index contributed by atoms with van der Waals surface area (Å²) in [6.45, 7) is 5.47. The minimum Gasteiger partial charge on any atom is -0.744 e. The Morgan fingerprint density at radius 3 is 2.28 bits per heavy atom. The smallest absolute Gasteiger partial charge is 0.410 e. The van der Waals surface area contributed by atoms with Gasteiger partial charge < -0.3 is 29.4 Å². The highest BCUT2D eigenvalue weighted by atomic mass is 32.2. The number of rotatable bonds is 15. The van der Waals surface area contributed by atoms with Crippen LogP contribution in [0.25, 0.3) is 0 Å². The van der Waals surface area contributed by atoms with Gasteiger partial charge in [-0.15, -0.1) is 0 Å². The Kier molecular flexibility index (Phi) is 17.0. The molecule has 0 heterocycles. The third-order valence-electron chi connectivity index (χ3n) is 5.20. The average molecular weight is 641 g/mol. The summed E-state index contributed by atoms with van der Waals surface area (Å²) in [6, 6.07) is 12.7. The molecule has 0 saturated carbocycles. The van der Waals surface area contributed by atoms with Crippen molar-refractivity contribution in [2.24, 2.45) is 0 Å². The molecule has 1 unspecified atom stereocenters. The number of anilines is 1. The van der Waals surface area contributed by atoms with E-state index in [1.54, 1.807) is 36.4 Å². The lowest BCUT2D eigenvalue weighted by atomic mass is 10.2. The van der Waals surface area contributed by atoms with Gasteiger partial charge in [-0.05, 0) is 55.4 Å². The number of hydrogen-bond acceptors (Lipinski definition) is 10. The highest BCUT2D eigenvalue weighted by Gasteiger charge is 2.20. The van der Waals surface area contributed by atoms with Crippen molar-refractivity contribution in [3.8, 4) is 5.75 Å². The van der Waals surface area contributed by atoms with Crippen molar-refractivity contribution in [3.63, 3.8) is 0 Å². The van der Waals surface area contributed by atoms with Gasteiger partial charge in [-0.2, -0.15) is 0 Å². The molecule has 238 valence electrons. The predicted octanol–water partition coefficient (Wildman–Crippen LogP) is 3.55. The number of benzene rings is 2. The number of hydrogen-bond donors (Lipinski definition) is 2. The van der Waals surface area contributed by atoms with E-state index in [2.05, 4.69) is 23.1 Å². The molecule has 43 heavy (non-hydrogen) atoms. The summed E-state index contributed by atoms with van der Waals surface area (Å²) in [4.78, 5) is 46.6. The van der Waals surface area contributed by atoms with Gasteiger partial charge in [0.2, 0.25) is 5.91 Å². The molecule has 0 bridgehead atoms. The molecule has 0 spiro atoms. The molecule has 0 aliphatic carbocycles. The van der Waals surface area contributed by atoms with Crippen LogP contribution in [0.5, 0.6) is 5.75 Å². The molecule has 0 aromatic heterocycles. The van der Waals surface area contributed by atoms with E-state index in [-0.39, 0.29) is 40.5 Å². The van der Waals surface area contributed by atoms with Gasteiger partial charge in [0.15, 0.2) is 0 Å². The maximum Gasteiger partial charge on any atom is 0.410 e. The Bertz CT molecular complexity index is 1300. The molecule has 0 aliphatic rings. The van der Waals surface area contributed by atoms with Crippen molar-refractivity contribution in [3.05, 3.63) is 54.1 Å². The largest absolute Gasteiger partial charge is 0.744 e. The van der Waals surface area contributed by atoms with Crippen molar-refractivity contribution in [1.82, 2.24) is 5.32 Å². The van der Waals surface area contributed by atoms with Gasteiger partial charge in [-0.3, -0.25) is 14.4 Å². The molecule has 2 aromatic rings. The number of alkyl carbamates (subject to hydrolysis) is 1. The highest BCUT2D eigenvalue weighted by Crippen LogP contribution is 2.18. The zero-order chi connectivity index (χ0) is 32.4. The lowest BCUT2D eigenvalue weighted by molar-refractivity contribution is -0.170. The number of carbonyl (C=O) groups excluding carboxylic acids is 4. The Morgan fingerprint density at radius 2 is 1.70 bits per heavy atom. The fraction of sp³-hybridized carbons (Fsp3) is 0.448. The fourth-order valence-electron chi connectivity index (χ4n) is 3.08. The quantitative estimate of drug-likeness (QED) is 0.0962. The van der Waals surface area contributed by atoms with Crippen LogP contribution in [0, 0.1) is 6.92 Å². The van der Waals surface area contributed by atoms with Gasteiger partial charge in [-0.25, -0.2) is 13.2 Å². The Balaban J connectivity index is 0.000000699. The maximum absolute atomic E-state index is 12.0. The number of aryl methyl sites for hydroxylation is 1. The first-order valence-corrected chi connectivity index (χ1v) is 17.0. The van der Waals surface area contributed by atoms with Gasteiger partial charge in [0.25, 0.3) is 6.29 Å². The van der Waals surface area contributed by atoms with Gasteiger partial charge in [0.1, 0.15) is 33.8 Å². The molecule has 2 N–H and O–H groups in total. The summed E-state index contributed by atoms with van der Waals surface area (Å²) >= 11 is 0. The zero-order valence-electron chi connectivity index (χ0n) is 25.0. The minimum atomic E-state index is -4.27. The lowest BCUT2D eigenvalue weighted by Crippen LogP contribution is -2.33. The monoisotopic (exact) mass is 640 g/mol. The molecule has 1 atom stereocenters. The molecule has 0 aliphatic heterocycles. The van der Waals surface area contributed by atoms with Crippen LogP contribution in [0.1, 0.15) is 45.1 Å². The average Bonchev–Trinajstić information content (AvgIpc) is 2.90. The topological polar surface area (TPSA) is 177 Å². The summed E-state index contributed by atoms with van der Waals surface area (Å²) in [6.07, 6.45) is 3.08. The summed E-state index contributed by atoms with van der Waals surface area (Å²) < 4.78 is 47.0. The van der Waals surface area contributed by atoms with Crippen LogP contribution in [0.15, 0.2) is 53.4 Å². The number of amides is 2. The minimum absolute atomic E-state index is 0.0627. The van der Waals surface area contributed by atoms with E-state index in [0.29, 0.717) is 24.4 Å². The van der Waals surface area contributed by atoms with Crippen molar-refractivity contribution in [1.29, 1.82) is 0 Å². The first-order valence-electron chi connectivity index (χ1n) is 13.4. The molecular weight excluding hydrogens is 600 g/mol. The van der Waals surface area contributed by atoms with Gasteiger partial charge >= 0.3 is 12.1 Å². The number of carbonyl (C=O) groups is 4. The molecule has 0 radical (unpaired) electrons. The summed E-state index contributed by atoms with van der Waals surface area (Å²) in [5.41, 5.74) is 1.54. The second-order valence-corrected chi connectivity index (χ2v) is 13.3. The highest BCUT2D eigenvalue weighted by molar-refractivity contribution is 7.95. The summed E-state index contributed by atoms with van der Waals surface area (Å²) in [5, 5.41) is 5.36. The maximum atomic E-state index is 12.0. The first-order chi connectivity index (χ1) is 20.2. The van der Waals surface area contributed by atoms with Gasteiger partial charge in [-0.1, -0.05) is 30.7 Å². The van der Waals surface area contributed by atoms with Crippen LogP contribution in [0.2, 0.25) is 0 Å². The molecule has 2 aromatic carbocycles. The summed E-state index contributed by atoms with van der Waals surface area (Å²) in [7, 11) is -4.07. The van der Waals surface area contributed by atoms with Crippen molar-refractivity contribution in [2.75, 3.05) is 36.7 Å². The number of ketones is 1. The third kappa shape index (κ3) is 17.8. The van der Waals surface area contributed by atoms with Crippen LogP contribution in [0.4, 0.5) is 10.5 Å². The van der Waals surface area contributed by atoms with Crippen molar-refractivity contribution in [2.45, 2.75) is 57.6 Å². The SMILES string of the molecule is CCCNC(=O)OC(CCOc1cccc(NC(=O)CC[S+](C)C)c1)OC(=O)CC(C)=O.Cc1ccc(S(=O)(=O)[O-])cc1. The van der Waals surface area contributed by atoms with Crippen molar-refractivity contribution < 1.29 is 46.4 Å². The van der Waals surface area contributed by atoms with Crippen LogP contribution in [-0.4, -0.2) is 74.4 Å². The molecule has 0 saturated heterocycles. The first kappa shape index (κ1) is 37.4. The van der Waals surface area contributed by atoms with Gasteiger partial charge in [0, 0.05) is 18.3 Å². The zero-order valence-corrected chi connectivity index (χ0v) is 26.7. The standard InChI is InChI=1S/C22H32N2O7S.C7H8O3S/c1-5-11-23-22(28)31-21(30-20(27)14-16(2)25)9-12-29-18-8-6-7-17(15-18)24-19(26)10-13-32(3)4;1-6-2-4-7(5-3-6)11(8,9)10/h6-8,15,21H,5,9-14H2,1-4H3,(H-,23,24,26,28);2-5H,1H3,(H,8,9,10). The van der Waals surface area contributed by atoms with Crippen LogP contribution in [-0.2, 0) is 44.9 Å². The van der Waals surface area contributed by atoms with E-state index in [1.165, 1.54) is 19.1 Å². The lowest BCUT2D eigenvalue weighted by Gasteiger charge is -2.18. The van der Waals surface area contributed by atoms with E-state index in [9.17, 15) is 32.1 Å².